The topological polar surface area (TPSA) is 97.6 Å². The van der Waals surface area contributed by atoms with Gasteiger partial charge in [-0.25, -0.2) is 9.59 Å². The molecule has 0 unspecified atom stereocenters. The van der Waals surface area contributed by atoms with Gasteiger partial charge in [0.05, 0.1) is 19.1 Å². The summed E-state index contributed by atoms with van der Waals surface area (Å²) in [7, 11) is 0. The summed E-state index contributed by atoms with van der Waals surface area (Å²) in [5.74, 6) is -2.16. The van der Waals surface area contributed by atoms with Crippen LogP contribution in [0.4, 0.5) is 5.69 Å². The van der Waals surface area contributed by atoms with Crippen molar-refractivity contribution in [3.63, 3.8) is 0 Å². The molecule has 7 nitrogen and oxygen atoms in total. The number of aliphatic hydroxyl groups excluding tert-OH is 1. The van der Waals surface area contributed by atoms with Gasteiger partial charge in [0.15, 0.2) is 0 Å². The molecule has 1 rings (SSSR count). The molecule has 0 aliphatic heterocycles. The van der Waals surface area contributed by atoms with Gasteiger partial charge < -0.3 is 14.6 Å². The van der Waals surface area contributed by atoms with Crippen LogP contribution in [0.5, 0.6) is 0 Å². The summed E-state index contributed by atoms with van der Waals surface area (Å²) in [5, 5.41) is 18.7. The number of allylic oxidation sites excluding steroid dienone is 1. The number of carbonyl (C=O) groups excluding carboxylic acids is 2. The van der Waals surface area contributed by atoms with E-state index in [2.05, 4.69) is 10.2 Å². The summed E-state index contributed by atoms with van der Waals surface area (Å²) in [4.78, 5) is 23.6. The van der Waals surface area contributed by atoms with Crippen molar-refractivity contribution in [2.45, 2.75) is 13.8 Å². The lowest BCUT2D eigenvalue weighted by atomic mass is 10.4. The minimum atomic E-state index is -0.850. The number of hydrogen-bond acceptors (Lipinski definition) is 8. The molecule has 0 aromatic carbocycles. The fraction of sp³-hybridized carbons (Fsp3) is 0.385. The van der Waals surface area contributed by atoms with E-state index >= 15 is 0 Å². The summed E-state index contributed by atoms with van der Waals surface area (Å²) in [5.41, 5.74) is -0.175. The lowest BCUT2D eigenvalue weighted by molar-refractivity contribution is -0.138. The van der Waals surface area contributed by atoms with E-state index in [0.717, 1.165) is 11.3 Å². The highest BCUT2D eigenvalue weighted by Crippen LogP contribution is 2.27. The molecule has 1 heterocycles. The Balaban J connectivity index is 3.05. The van der Waals surface area contributed by atoms with Crippen molar-refractivity contribution in [2.75, 3.05) is 19.1 Å². The van der Waals surface area contributed by atoms with Crippen LogP contribution < -0.4 is 0 Å². The Labute approximate surface area is 136 Å². The SMILES string of the molecule is CCOC(=O)/C(N=Nc1ccsc1C(=O)OCC)=C(/O)CCl. The number of aliphatic hydroxyl groups is 1. The molecule has 0 amide bonds. The lowest BCUT2D eigenvalue weighted by Crippen LogP contribution is -2.09. The van der Waals surface area contributed by atoms with Crippen LogP contribution in [0.1, 0.15) is 23.5 Å². The van der Waals surface area contributed by atoms with Gasteiger partial charge >= 0.3 is 11.9 Å². The highest BCUT2D eigenvalue weighted by atomic mass is 35.5. The Bertz CT molecular complexity index is 597. The summed E-state index contributed by atoms with van der Waals surface area (Å²) in [6.07, 6.45) is 0. The first-order chi connectivity index (χ1) is 10.5. The summed E-state index contributed by atoms with van der Waals surface area (Å²) in [6, 6.07) is 1.54. The summed E-state index contributed by atoms with van der Waals surface area (Å²) >= 11 is 6.62. The second-order valence-electron chi connectivity index (χ2n) is 3.70. The molecule has 0 aliphatic rings. The number of carbonyl (C=O) groups is 2. The van der Waals surface area contributed by atoms with E-state index < -0.39 is 23.4 Å². The van der Waals surface area contributed by atoms with Crippen molar-refractivity contribution in [3.8, 4) is 0 Å². The molecule has 120 valence electrons. The largest absolute Gasteiger partial charge is 0.508 e. The van der Waals surface area contributed by atoms with E-state index in [4.69, 9.17) is 21.1 Å². The molecule has 1 aromatic heterocycles. The number of azo groups is 1. The Morgan fingerprint density at radius 3 is 2.59 bits per heavy atom. The number of halogens is 1. The van der Waals surface area contributed by atoms with Crippen LogP contribution in [0.15, 0.2) is 33.1 Å². The summed E-state index contributed by atoms with van der Waals surface area (Å²) in [6.45, 7) is 3.64. The molecule has 0 spiro atoms. The van der Waals surface area contributed by atoms with Crippen molar-refractivity contribution >= 4 is 40.6 Å². The zero-order valence-electron chi connectivity index (χ0n) is 12.0. The minimum Gasteiger partial charge on any atom is -0.508 e. The van der Waals surface area contributed by atoms with E-state index in [-0.39, 0.29) is 29.7 Å². The molecular formula is C13H15ClN2O5S. The molecule has 0 aliphatic carbocycles. The predicted octanol–water partition coefficient (Wildman–Crippen LogP) is 3.58. The quantitative estimate of drug-likeness (QED) is 0.267. The molecule has 1 N–H and O–H groups in total. The van der Waals surface area contributed by atoms with E-state index in [1.807, 2.05) is 0 Å². The smallest absolute Gasteiger partial charge is 0.362 e. The van der Waals surface area contributed by atoms with Crippen LogP contribution in [-0.2, 0) is 14.3 Å². The monoisotopic (exact) mass is 346 g/mol. The Hall–Kier alpha value is -1.93. The molecule has 0 radical (unpaired) electrons. The van der Waals surface area contributed by atoms with Crippen molar-refractivity contribution < 1.29 is 24.2 Å². The van der Waals surface area contributed by atoms with Crippen LogP contribution >= 0.6 is 22.9 Å². The van der Waals surface area contributed by atoms with Gasteiger partial charge in [-0.15, -0.1) is 33.2 Å². The highest BCUT2D eigenvalue weighted by Gasteiger charge is 2.18. The predicted molar refractivity (Wildman–Crippen MR) is 81.8 cm³/mol. The van der Waals surface area contributed by atoms with Crippen LogP contribution in [0.25, 0.3) is 0 Å². The fourth-order valence-electron chi connectivity index (χ4n) is 1.31. The Kier molecular flexibility index (Phi) is 7.55. The average Bonchev–Trinajstić information content (AvgIpc) is 2.96. The summed E-state index contributed by atoms with van der Waals surface area (Å²) < 4.78 is 9.64. The second kappa shape index (κ2) is 9.16. The maximum atomic E-state index is 11.7. The molecule has 0 bridgehead atoms. The lowest BCUT2D eigenvalue weighted by Gasteiger charge is -2.03. The molecule has 0 fully saturated rings. The number of ether oxygens (including phenoxy) is 2. The minimum absolute atomic E-state index is 0.111. The Morgan fingerprint density at radius 1 is 1.32 bits per heavy atom. The first-order valence-corrected chi connectivity index (χ1v) is 7.78. The van der Waals surface area contributed by atoms with Crippen LogP contribution in [0.3, 0.4) is 0 Å². The molecular weight excluding hydrogens is 332 g/mol. The van der Waals surface area contributed by atoms with Gasteiger partial charge in [0, 0.05) is 0 Å². The first-order valence-electron chi connectivity index (χ1n) is 6.36. The number of thiophene rings is 1. The van der Waals surface area contributed by atoms with Gasteiger partial charge in [0.25, 0.3) is 0 Å². The average molecular weight is 347 g/mol. The van der Waals surface area contributed by atoms with Gasteiger partial charge in [-0.3, -0.25) is 0 Å². The third-order valence-electron chi connectivity index (χ3n) is 2.23. The molecule has 1 aromatic rings. The highest BCUT2D eigenvalue weighted by molar-refractivity contribution is 7.12. The normalized spacial score (nSPS) is 12.1. The standard InChI is InChI=1S/C13H15ClN2O5S/c1-3-20-12(18)10(9(17)7-14)16-15-8-5-6-22-11(8)13(19)21-4-2/h5-6,17H,3-4,7H2,1-2H3/b10-9-,16-15?. The van der Waals surface area contributed by atoms with Crippen LogP contribution in [0, 0.1) is 0 Å². The van der Waals surface area contributed by atoms with Crippen molar-refractivity contribution in [2.24, 2.45) is 10.2 Å². The molecule has 0 saturated heterocycles. The van der Waals surface area contributed by atoms with E-state index in [9.17, 15) is 14.7 Å². The molecule has 22 heavy (non-hydrogen) atoms. The van der Waals surface area contributed by atoms with Gasteiger partial charge in [0.1, 0.15) is 16.3 Å². The second-order valence-corrected chi connectivity index (χ2v) is 4.89. The van der Waals surface area contributed by atoms with Crippen molar-refractivity contribution in [3.05, 3.63) is 27.8 Å². The van der Waals surface area contributed by atoms with E-state index in [1.165, 1.54) is 0 Å². The van der Waals surface area contributed by atoms with Gasteiger partial charge in [0.2, 0.25) is 5.70 Å². The third kappa shape index (κ3) is 4.81. The van der Waals surface area contributed by atoms with E-state index in [1.54, 1.807) is 25.3 Å². The van der Waals surface area contributed by atoms with Crippen LogP contribution in [-0.4, -0.2) is 36.1 Å². The van der Waals surface area contributed by atoms with Gasteiger partial charge in [-0.2, -0.15) is 0 Å². The zero-order valence-corrected chi connectivity index (χ0v) is 13.6. The third-order valence-corrected chi connectivity index (χ3v) is 3.37. The van der Waals surface area contributed by atoms with Gasteiger partial charge in [-0.1, -0.05) is 0 Å². The van der Waals surface area contributed by atoms with Gasteiger partial charge in [-0.05, 0) is 25.3 Å². The Morgan fingerprint density at radius 2 is 2.00 bits per heavy atom. The number of hydrogen-bond donors (Lipinski definition) is 1. The number of rotatable bonds is 7. The van der Waals surface area contributed by atoms with E-state index in [0.29, 0.717) is 0 Å². The number of esters is 2. The number of alkyl halides is 1. The van der Waals surface area contributed by atoms with Crippen molar-refractivity contribution in [1.29, 1.82) is 0 Å². The maximum Gasteiger partial charge on any atom is 0.362 e. The fourth-order valence-corrected chi connectivity index (χ4v) is 2.16. The molecule has 0 atom stereocenters. The van der Waals surface area contributed by atoms with Crippen LogP contribution in [0.2, 0.25) is 0 Å². The number of nitrogens with zero attached hydrogens (tertiary/aromatic N) is 2. The zero-order chi connectivity index (χ0) is 16.5. The maximum absolute atomic E-state index is 11.7. The molecule has 0 saturated carbocycles. The van der Waals surface area contributed by atoms with Crippen molar-refractivity contribution in [1.82, 2.24) is 0 Å². The molecule has 9 heteroatoms. The first kappa shape index (κ1) is 18.1.